The topological polar surface area (TPSA) is 111 Å². The summed E-state index contributed by atoms with van der Waals surface area (Å²) in [7, 11) is 1.25. The van der Waals surface area contributed by atoms with Crippen LogP contribution >= 0.6 is 0 Å². The molecule has 2 rings (SSSR count). The molecular weight excluding hydrogens is 496 g/mol. The molecule has 0 heterocycles. The lowest BCUT2D eigenvalue weighted by atomic mass is 9.93. The molecule has 39 heavy (non-hydrogen) atoms. The zero-order chi connectivity index (χ0) is 28.9. The first-order valence-electron chi connectivity index (χ1n) is 12.9. The quantitative estimate of drug-likeness (QED) is 0.237. The van der Waals surface area contributed by atoms with Crippen LogP contribution in [0.4, 0.5) is 0 Å². The Bertz CT molecular complexity index is 1180. The second-order valence-corrected chi connectivity index (χ2v) is 9.36. The Kier molecular flexibility index (Phi) is 12.1. The number of rotatable bonds is 12. The van der Waals surface area contributed by atoms with Gasteiger partial charge in [-0.25, -0.2) is 9.59 Å². The molecule has 2 N–H and O–H groups in total. The number of methoxy groups -OCH3 is 1. The molecule has 2 aromatic rings. The molecule has 5 atom stereocenters. The van der Waals surface area contributed by atoms with Crippen LogP contribution in [-0.4, -0.2) is 43.0 Å². The number of carbonyl (C=O) groups is 4. The molecule has 0 saturated heterocycles. The van der Waals surface area contributed by atoms with Crippen LogP contribution < -0.4 is 10.6 Å². The summed E-state index contributed by atoms with van der Waals surface area (Å²) in [4.78, 5) is 51.4. The Morgan fingerprint density at radius 1 is 0.795 bits per heavy atom. The fraction of sp³-hybridized carbons (Fsp3) is 0.355. The van der Waals surface area contributed by atoms with Gasteiger partial charge in [0.05, 0.1) is 13.0 Å². The van der Waals surface area contributed by atoms with E-state index in [-0.39, 0.29) is 0 Å². The first-order valence-corrected chi connectivity index (χ1v) is 12.9. The predicted molar refractivity (Wildman–Crippen MR) is 149 cm³/mol. The molecule has 2 amide bonds. The first kappa shape index (κ1) is 31.0. The van der Waals surface area contributed by atoms with Crippen molar-refractivity contribution in [2.45, 2.75) is 58.7 Å². The number of nitrogens with one attached hydrogen (secondary N) is 2. The van der Waals surface area contributed by atoms with Crippen LogP contribution in [0.25, 0.3) is 0 Å². The van der Waals surface area contributed by atoms with Crippen molar-refractivity contribution in [3.8, 4) is 0 Å². The van der Waals surface area contributed by atoms with E-state index >= 15 is 0 Å². The molecule has 8 nitrogen and oxygen atoms in total. The van der Waals surface area contributed by atoms with Crippen molar-refractivity contribution in [1.82, 2.24) is 10.6 Å². The normalized spacial score (nSPS) is 15.4. The molecule has 0 unspecified atom stereocenters. The van der Waals surface area contributed by atoms with Crippen LogP contribution in [0.2, 0.25) is 0 Å². The highest BCUT2D eigenvalue weighted by atomic mass is 16.5. The molecule has 2 aromatic carbocycles. The highest BCUT2D eigenvalue weighted by Gasteiger charge is 2.34. The predicted octanol–water partition coefficient (Wildman–Crippen LogP) is 4.40. The molecule has 0 bridgehead atoms. The van der Waals surface area contributed by atoms with Crippen molar-refractivity contribution < 1.29 is 28.7 Å². The fourth-order valence-electron chi connectivity index (χ4n) is 3.73. The molecule has 0 spiro atoms. The smallest absolute Gasteiger partial charge is 0.333 e. The molecule has 0 aromatic heterocycles. The Balaban J connectivity index is 2.18. The molecule has 0 aliphatic rings. The number of amides is 2. The average molecular weight is 535 g/mol. The number of ether oxygens (including phenoxy) is 2. The van der Waals surface area contributed by atoms with E-state index in [1.807, 2.05) is 57.2 Å². The van der Waals surface area contributed by atoms with E-state index in [0.29, 0.717) is 5.56 Å². The van der Waals surface area contributed by atoms with E-state index < -0.39 is 53.8 Å². The second kappa shape index (κ2) is 15.3. The van der Waals surface area contributed by atoms with Crippen LogP contribution in [-0.2, 0) is 28.7 Å². The summed E-state index contributed by atoms with van der Waals surface area (Å²) in [5, 5.41) is 5.45. The highest BCUT2D eigenvalue weighted by molar-refractivity contribution is 5.92. The van der Waals surface area contributed by atoms with Gasteiger partial charge in [0.15, 0.2) is 6.04 Å². The van der Waals surface area contributed by atoms with Crippen LogP contribution in [0.3, 0.4) is 0 Å². The van der Waals surface area contributed by atoms with Gasteiger partial charge in [0.25, 0.3) is 0 Å². The van der Waals surface area contributed by atoms with Gasteiger partial charge in [0.2, 0.25) is 11.8 Å². The van der Waals surface area contributed by atoms with Gasteiger partial charge in [-0.2, -0.15) is 0 Å². The molecule has 0 fully saturated rings. The van der Waals surface area contributed by atoms with Crippen molar-refractivity contribution in [2.24, 2.45) is 5.92 Å². The number of benzene rings is 2. The van der Waals surface area contributed by atoms with E-state index in [0.717, 1.165) is 11.1 Å². The standard InChI is InChI=1S/C31H38N2O6/c1-7-20(2)18-19-26(34)32-27(22(4)24-14-10-8-11-15-24)31(37)39-23(5)21(3)29(35)33-28(30(36)38-6)25-16-12-9-13-17-25/h7-19,21-23,27-28H,1-6H3,(H,32,34)(H,33,35)/b19-18+,20-7+/t21-,22-,23-,27+,28+/m1/s1. The largest absolute Gasteiger partial charge is 0.467 e. The van der Waals surface area contributed by atoms with E-state index in [9.17, 15) is 19.2 Å². The summed E-state index contributed by atoms with van der Waals surface area (Å²) >= 11 is 0. The zero-order valence-electron chi connectivity index (χ0n) is 23.3. The van der Waals surface area contributed by atoms with E-state index in [1.165, 1.54) is 13.2 Å². The van der Waals surface area contributed by atoms with Crippen LogP contribution in [0.15, 0.2) is 84.5 Å². The fourth-order valence-corrected chi connectivity index (χ4v) is 3.73. The summed E-state index contributed by atoms with van der Waals surface area (Å²) < 4.78 is 10.6. The lowest BCUT2D eigenvalue weighted by Gasteiger charge is -2.27. The van der Waals surface area contributed by atoms with Gasteiger partial charge >= 0.3 is 11.9 Å². The van der Waals surface area contributed by atoms with Crippen molar-refractivity contribution in [2.75, 3.05) is 7.11 Å². The van der Waals surface area contributed by atoms with E-state index in [2.05, 4.69) is 10.6 Å². The van der Waals surface area contributed by atoms with E-state index in [4.69, 9.17) is 9.47 Å². The average Bonchev–Trinajstić information content (AvgIpc) is 2.96. The van der Waals surface area contributed by atoms with Crippen LogP contribution in [0.5, 0.6) is 0 Å². The Hall–Kier alpha value is -4.20. The maximum absolute atomic E-state index is 13.3. The van der Waals surface area contributed by atoms with Gasteiger partial charge in [-0.15, -0.1) is 0 Å². The maximum atomic E-state index is 13.3. The third kappa shape index (κ3) is 9.25. The van der Waals surface area contributed by atoms with E-state index in [1.54, 1.807) is 50.3 Å². The van der Waals surface area contributed by atoms with Crippen molar-refractivity contribution in [3.05, 3.63) is 95.6 Å². The van der Waals surface area contributed by atoms with Crippen LogP contribution in [0, 0.1) is 5.92 Å². The zero-order valence-corrected chi connectivity index (χ0v) is 23.3. The third-order valence-corrected chi connectivity index (χ3v) is 6.61. The van der Waals surface area contributed by atoms with Gasteiger partial charge < -0.3 is 20.1 Å². The number of allylic oxidation sites excluding steroid dienone is 3. The third-order valence-electron chi connectivity index (χ3n) is 6.61. The SMILES string of the molecule is C/C=C(C)/C=C/C(=O)N[C@H](C(=O)O[C@H](C)[C@@H](C)C(=O)N[C@H](C(=O)OC)c1ccccc1)[C@H](C)c1ccccc1. The lowest BCUT2D eigenvalue weighted by Crippen LogP contribution is -2.47. The Labute approximate surface area is 230 Å². The number of carbonyl (C=O) groups excluding carboxylic acids is 4. The minimum Gasteiger partial charge on any atom is -0.467 e. The van der Waals surface area contributed by atoms with Gasteiger partial charge in [-0.05, 0) is 31.9 Å². The monoisotopic (exact) mass is 534 g/mol. The van der Waals surface area contributed by atoms with Gasteiger partial charge in [0.1, 0.15) is 12.1 Å². The Morgan fingerprint density at radius 2 is 1.36 bits per heavy atom. The summed E-state index contributed by atoms with van der Waals surface area (Å²) in [5.41, 5.74) is 2.31. The highest BCUT2D eigenvalue weighted by Crippen LogP contribution is 2.22. The van der Waals surface area contributed by atoms with Crippen molar-refractivity contribution in [3.63, 3.8) is 0 Å². The molecule has 0 aliphatic carbocycles. The first-order chi connectivity index (χ1) is 18.6. The molecule has 0 radical (unpaired) electrons. The summed E-state index contributed by atoms with van der Waals surface area (Å²) in [6.45, 7) is 8.74. The van der Waals surface area contributed by atoms with Gasteiger partial charge in [0, 0.05) is 12.0 Å². The van der Waals surface area contributed by atoms with Crippen molar-refractivity contribution >= 4 is 23.8 Å². The van der Waals surface area contributed by atoms with Gasteiger partial charge in [-0.3, -0.25) is 9.59 Å². The summed E-state index contributed by atoms with van der Waals surface area (Å²) in [6, 6.07) is 16.0. The summed E-state index contributed by atoms with van der Waals surface area (Å²) in [5.74, 6) is -3.43. The minimum absolute atomic E-state index is 0.406. The molecule has 0 aliphatic heterocycles. The second-order valence-electron chi connectivity index (χ2n) is 9.36. The lowest BCUT2D eigenvalue weighted by molar-refractivity contribution is -0.157. The number of hydrogen-bond donors (Lipinski definition) is 2. The van der Waals surface area contributed by atoms with Crippen molar-refractivity contribution in [1.29, 1.82) is 0 Å². The minimum atomic E-state index is -1.01. The molecule has 0 saturated carbocycles. The van der Waals surface area contributed by atoms with Gasteiger partial charge in [-0.1, -0.05) is 92.2 Å². The molecular formula is C31H38N2O6. The summed E-state index contributed by atoms with van der Waals surface area (Å²) in [6.07, 6.45) is 4.03. The number of esters is 2. The molecule has 208 valence electrons. The number of hydrogen-bond acceptors (Lipinski definition) is 6. The maximum Gasteiger partial charge on any atom is 0.333 e. The Morgan fingerprint density at radius 3 is 1.90 bits per heavy atom. The molecule has 8 heteroatoms. The van der Waals surface area contributed by atoms with Crippen LogP contribution in [0.1, 0.15) is 57.7 Å².